The zero-order valence-corrected chi connectivity index (χ0v) is 17.4. The number of phenols is 2. The molecule has 2 aliphatic heterocycles. The molecule has 27 heavy (non-hydrogen) atoms. The summed E-state index contributed by atoms with van der Waals surface area (Å²) in [6.07, 6.45) is 6.12. The summed E-state index contributed by atoms with van der Waals surface area (Å²) >= 11 is 3.14. The maximum atomic E-state index is 9.55. The van der Waals surface area contributed by atoms with Crippen LogP contribution in [0.15, 0.2) is 16.6 Å². The first kappa shape index (κ1) is 22.4. The maximum Gasteiger partial charge on any atom is 0.187 e. The van der Waals surface area contributed by atoms with Crippen molar-refractivity contribution < 1.29 is 33.9 Å². The SMILES string of the molecule is C1CCC(OC2CCCCO2)OC1.COC(OC)c1c(O)ccc(O)c1Br. The van der Waals surface area contributed by atoms with Crippen LogP contribution < -0.4 is 0 Å². The summed E-state index contributed by atoms with van der Waals surface area (Å²) < 4.78 is 27.0. The molecule has 2 heterocycles. The Morgan fingerprint density at radius 1 is 0.926 bits per heavy atom. The van der Waals surface area contributed by atoms with Crippen molar-refractivity contribution in [3.8, 4) is 11.5 Å². The van der Waals surface area contributed by atoms with Gasteiger partial charge in [0.1, 0.15) is 11.5 Å². The van der Waals surface area contributed by atoms with Crippen LogP contribution in [0.4, 0.5) is 0 Å². The predicted octanol–water partition coefficient (Wildman–Crippen LogP) is 4.21. The van der Waals surface area contributed by atoms with Crippen LogP contribution >= 0.6 is 15.9 Å². The molecule has 154 valence electrons. The van der Waals surface area contributed by atoms with Gasteiger partial charge in [0.15, 0.2) is 18.9 Å². The van der Waals surface area contributed by atoms with E-state index in [9.17, 15) is 10.2 Å². The van der Waals surface area contributed by atoms with Gasteiger partial charge in [-0.1, -0.05) is 0 Å². The molecule has 3 rings (SSSR count). The summed E-state index contributed by atoms with van der Waals surface area (Å²) in [7, 11) is 2.90. The van der Waals surface area contributed by atoms with Crippen LogP contribution in [-0.4, -0.2) is 50.2 Å². The molecule has 0 spiro atoms. The summed E-state index contributed by atoms with van der Waals surface area (Å²) in [5.74, 6) is 0.0280. The van der Waals surface area contributed by atoms with Gasteiger partial charge in [0.05, 0.1) is 10.0 Å². The van der Waals surface area contributed by atoms with Crippen LogP contribution in [0, 0.1) is 0 Å². The van der Waals surface area contributed by atoms with E-state index in [2.05, 4.69) is 15.9 Å². The highest BCUT2D eigenvalue weighted by Crippen LogP contribution is 2.39. The molecule has 2 atom stereocenters. The van der Waals surface area contributed by atoms with E-state index >= 15 is 0 Å². The molecule has 0 aromatic heterocycles. The summed E-state index contributed by atoms with van der Waals surface area (Å²) in [6.45, 7) is 1.69. The molecule has 0 saturated carbocycles. The highest BCUT2D eigenvalue weighted by Gasteiger charge is 2.22. The molecule has 0 amide bonds. The van der Waals surface area contributed by atoms with Crippen LogP contribution in [-0.2, 0) is 23.7 Å². The van der Waals surface area contributed by atoms with Crippen LogP contribution in [0.25, 0.3) is 0 Å². The number of aromatic hydroxyl groups is 2. The van der Waals surface area contributed by atoms with E-state index in [1.165, 1.54) is 52.0 Å². The number of halogens is 1. The lowest BCUT2D eigenvalue weighted by atomic mass is 10.2. The van der Waals surface area contributed by atoms with Crippen molar-refractivity contribution in [3.05, 3.63) is 22.2 Å². The number of phenolic OH excluding ortho intramolecular Hbond substituents is 2. The van der Waals surface area contributed by atoms with Crippen molar-refractivity contribution in [2.24, 2.45) is 0 Å². The molecule has 2 N–H and O–H groups in total. The van der Waals surface area contributed by atoms with Crippen molar-refractivity contribution >= 4 is 15.9 Å². The Bertz CT molecular complexity index is 537. The Morgan fingerprint density at radius 3 is 1.89 bits per heavy atom. The monoisotopic (exact) mass is 448 g/mol. The molecule has 2 fully saturated rings. The Balaban J connectivity index is 0.000000194. The van der Waals surface area contributed by atoms with Crippen molar-refractivity contribution in [1.29, 1.82) is 0 Å². The van der Waals surface area contributed by atoms with Gasteiger partial charge in [-0.3, -0.25) is 0 Å². The van der Waals surface area contributed by atoms with Gasteiger partial charge in [0.25, 0.3) is 0 Å². The number of methoxy groups -OCH3 is 2. The summed E-state index contributed by atoms with van der Waals surface area (Å²) in [6, 6.07) is 2.76. The molecular weight excluding hydrogens is 420 g/mol. The second-order valence-electron chi connectivity index (χ2n) is 6.36. The van der Waals surface area contributed by atoms with Crippen LogP contribution in [0.5, 0.6) is 11.5 Å². The Hall–Kier alpha value is -0.900. The smallest absolute Gasteiger partial charge is 0.187 e. The van der Waals surface area contributed by atoms with Gasteiger partial charge in [-0.2, -0.15) is 0 Å². The molecule has 0 radical (unpaired) electrons. The maximum absolute atomic E-state index is 9.55. The Labute approximate surface area is 168 Å². The number of hydrogen-bond donors (Lipinski definition) is 2. The Kier molecular flexibility index (Phi) is 9.81. The minimum atomic E-state index is -0.712. The number of benzene rings is 1. The topological polar surface area (TPSA) is 86.6 Å². The highest BCUT2D eigenvalue weighted by atomic mass is 79.9. The average molecular weight is 449 g/mol. The fraction of sp³-hybridized carbons (Fsp3) is 0.684. The van der Waals surface area contributed by atoms with Gasteiger partial charge in [-0.05, 0) is 66.6 Å². The number of rotatable bonds is 5. The molecule has 1 aromatic rings. The fourth-order valence-electron chi connectivity index (χ4n) is 2.93. The fourth-order valence-corrected chi connectivity index (χ4v) is 3.46. The van der Waals surface area contributed by atoms with Gasteiger partial charge in [-0.15, -0.1) is 0 Å². The number of hydrogen-bond acceptors (Lipinski definition) is 7. The second kappa shape index (κ2) is 11.8. The molecular formula is C19H29BrO7. The van der Waals surface area contributed by atoms with E-state index in [1.807, 2.05) is 0 Å². The molecule has 0 aliphatic carbocycles. The molecule has 8 heteroatoms. The lowest BCUT2D eigenvalue weighted by molar-refractivity contribution is -0.264. The van der Waals surface area contributed by atoms with E-state index in [0.29, 0.717) is 10.0 Å². The summed E-state index contributed by atoms with van der Waals surface area (Å²) in [4.78, 5) is 0. The van der Waals surface area contributed by atoms with Crippen molar-refractivity contribution in [2.75, 3.05) is 27.4 Å². The van der Waals surface area contributed by atoms with E-state index in [0.717, 1.165) is 26.1 Å². The third kappa shape index (κ3) is 6.89. The summed E-state index contributed by atoms with van der Waals surface area (Å²) in [5.41, 5.74) is 0.370. The number of ether oxygens (including phenoxy) is 5. The first-order chi connectivity index (χ1) is 13.1. The lowest BCUT2D eigenvalue weighted by Crippen LogP contribution is -2.31. The average Bonchev–Trinajstić information content (AvgIpc) is 2.70. The van der Waals surface area contributed by atoms with E-state index in [4.69, 9.17) is 23.7 Å². The van der Waals surface area contributed by atoms with Gasteiger partial charge < -0.3 is 33.9 Å². The van der Waals surface area contributed by atoms with Gasteiger partial charge in [0.2, 0.25) is 0 Å². The van der Waals surface area contributed by atoms with Crippen LogP contribution in [0.2, 0.25) is 0 Å². The van der Waals surface area contributed by atoms with Gasteiger partial charge >= 0.3 is 0 Å². The molecule has 0 bridgehead atoms. The largest absolute Gasteiger partial charge is 0.507 e. The van der Waals surface area contributed by atoms with Crippen LogP contribution in [0.1, 0.15) is 50.4 Å². The van der Waals surface area contributed by atoms with E-state index < -0.39 is 6.29 Å². The van der Waals surface area contributed by atoms with Gasteiger partial charge in [0, 0.05) is 27.4 Å². The minimum absolute atomic E-state index is 0.00292. The second-order valence-corrected chi connectivity index (χ2v) is 7.16. The predicted molar refractivity (Wildman–Crippen MR) is 102 cm³/mol. The van der Waals surface area contributed by atoms with Gasteiger partial charge in [-0.25, -0.2) is 0 Å². The van der Waals surface area contributed by atoms with Crippen molar-refractivity contribution in [3.63, 3.8) is 0 Å². The molecule has 2 saturated heterocycles. The van der Waals surface area contributed by atoms with E-state index in [1.54, 1.807) is 0 Å². The summed E-state index contributed by atoms with van der Waals surface area (Å²) in [5, 5.41) is 18.9. The van der Waals surface area contributed by atoms with Crippen LogP contribution in [0.3, 0.4) is 0 Å². The zero-order valence-electron chi connectivity index (χ0n) is 15.9. The Morgan fingerprint density at radius 2 is 1.44 bits per heavy atom. The van der Waals surface area contributed by atoms with Crippen molar-refractivity contribution in [1.82, 2.24) is 0 Å². The first-order valence-electron chi connectivity index (χ1n) is 9.21. The standard InChI is InChI=1S/C10H18O3.C9H11BrO4/c1-3-7-11-9(5-1)13-10-6-2-4-8-12-10;1-13-9(14-2)7-5(11)3-4-6(12)8(7)10/h9-10H,1-8H2;3-4,9,11-12H,1-2H3. The zero-order chi connectivity index (χ0) is 19.6. The van der Waals surface area contributed by atoms with E-state index in [-0.39, 0.29) is 24.1 Å². The normalized spacial score (nSPS) is 23.0. The quantitative estimate of drug-likeness (QED) is 0.515. The molecule has 7 nitrogen and oxygen atoms in total. The molecule has 2 unspecified atom stereocenters. The third-order valence-corrected chi connectivity index (χ3v) is 5.21. The first-order valence-corrected chi connectivity index (χ1v) is 10.0. The highest BCUT2D eigenvalue weighted by molar-refractivity contribution is 9.10. The van der Waals surface area contributed by atoms with Crippen molar-refractivity contribution in [2.45, 2.75) is 57.4 Å². The molecule has 1 aromatic carbocycles. The minimum Gasteiger partial charge on any atom is -0.507 e. The lowest BCUT2D eigenvalue weighted by Gasteiger charge is -2.29. The molecule has 2 aliphatic rings. The third-order valence-electron chi connectivity index (χ3n) is 4.38.